The molecule has 4 N–H and O–H groups in total. The molecule has 0 aliphatic carbocycles. The zero-order chi connectivity index (χ0) is 15.5. The van der Waals surface area contributed by atoms with Gasteiger partial charge in [0, 0.05) is 25.4 Å². The number of carboxylic acids is 1. The van der Waals surface area contributed by atoms with Gasteiger partial charge in [-0.15, -0.1) is 0 Å². The maximum absolute atomic E-state index is 11.7. The fraction of sp³-hybridized carbons (Fsp3) is 0.867. The van der Waals surface area contributed by atoms with Crippen LogP contribution in [0.2, 0.25) is 0 Å². The Morgan fingerprint density at radius 1 is 1.20 bits per heavy atom. The molecule has 0 fully saturated rings. The first kappa shape index (κ1) is 18.9. The molecule has 0 saturated carbocycles. The zero-order valence-corrected chi connectivity index (χ0v) is 13.0. The van der Waals surface area contributed by atoms with Gasteiger partial charge < -0.3 is 16.2 Å². The molecule has 0 heterocycles. The Kier molecular flexibility index (Phi) is 10.1. The van der Waals surface area contributed by atoms with Crippen molar-refractivity contribution in [3.8, 4) is 0 Å². The van der Waals surface area contributed by atoms with E-state index in [-0.39, 0.29) is 18.4 Å². The Bertz CT molecular complexity index is 293. The molecule has 2 unspecified atom stereocenters. The van der Waals surface area contributed by atoms with Crippen LogP contribution in [-0.2, 0) is 9.59 Å². The summed E-state index contributed by atoms with van der Waals surface area (Å²) in [6.07, 6.45) is 3.89. The highest BCUT2D eigenvalue weighted by atomic mass is 16.4. The zero-order valence-electron chi connectivity index (χ0n) is 13.0. The molecule has 20 heavy (non-hydrogen) atoms. The SMILES string of the molecule is CCCC(N)CC(=O)NCCC(CCC(=O)O)C(C)C. The predicted octanol–water partition coefficient (Wildman–Crippen LogP) is 2.15. The first-order chi connectivity index (χ1) is 9.36. The minimum absolute atomic E-state index is 0.00769. The average molecular weight is 286 g/mol. The number of hydrogen-bond donors (Lipinski definition) is 3. The summed E-state index contributed by atoms with van der Waals surface area (Å²) in [5.41, 5.74) is 5.82. The lowest BCUT2D eigenvalue weighted by Gasteiger charge is -2.20. The van der Waals surface area contributed by atoms with E-state index in [1.807, 2.05) is 6.92 Å². The van der Waals surface area contributed by atoms with Crippen molar-refractivity contribution in [3.05, 3.63) is 0 Å². The fourth-order valence-electron chi connectivity index (χ4n) is 2.30. The predicted molar refractivity (Wildman–Crippen MR) is 80.3 cm³/mol. The van der Waals surface area contributed by atoms with Gasteiger partial charge in [-0.3, -0.25) is 9.59 Å². The topological polar surface area (TPSA) is 92.4 Å². The monoisotopic (exact) mass is 286 g/mol. The molecule has 1 amide bonds. The molecule has 0 aromatic heterocycles. The Hall–Kier alpha value is -1.10. The highest BCUT2D eigenvalue weighted by Gasteiger charge is 2.15. The lowest BCUT2D eigenvalue weighted by Crippen LogP contribution is -2.33. The third kappa shape index (κ3) is 9.78. The number of nitrogens with two attached hydrogens (primary N) is 1. The lowest BCUT2D eigenvalue weighted by molar-refractivity contribution is -0.137. The second kappa shape index (κ2) is 10.7. The van der Waals surface area contributed by atoms with Crippen LogP contribution < -0.4 is 11.1 Å². The minimum atomic E-state index is -0.759. The number of nitrogens with one attached hydrogen (secondary N) is 1. The number of aliphatic carboxylic acids is 1. The molecular formula is C15H30N2O3. The lowest BCUT2D eigenvalue weighted by atomic mass is 9.88. The van der Waals surface area contributed by atoms with E-state index in [2.05, 4.69) is 19.2 Å². The van der Waals surface area contributed by atoms with Crippen LogP contribution >= 0.6 is 0 Å². The van der Waals surface area contributed by atoms with Crippen molar-refractivity contribution in [3.63, 3.8) is 0 Å². The Morgan fingerprint density at radius 2 is 1.85 bits per heavy atom. The molecule has 0 radical (unpaired) electrons. The van der Waals surface area contributed by atoms with Crippen molar-refractivity contribution in [2.24, 2.45) is 17.6 Å². The van der Waals surface area contributed by atoms with E-state index >= 15 is 0 Å². The molecule has 0 aromatic rings. The van der Waals surface area contributed by atoms with Crippen molar-refractivity contribution in [2.45, 2.75) is 65.3 Å². The van der Waals surface area contributed by atoms with Crippen molar-refractivity contribution >= 4 is 11.9 Å². The van der Waals surface area contributed by atoms with Gasteiger partial charge in [-0.2, -0.15) is 0 Å². The van der Waals surface area contributed by atoms with Crippen LogP contribution in [0, 0.1) is 11.8 Å². The van der Waals surface area contributed by atoms with Gasteiger partial charge in [0.1, 0.15) is 0 Å². The Morgan fingerprint density at radius 3 is 2.35 bits per heavy atom. The van der Waals surface area contributed by atoms with Crippen LogP contribution in [0.5, 0.6) is 0 Å². The van der Waals surface area contributed by atoms with Crippen molar-refractivity contribution in [1.29, 1.82) is 0 Å². The maximum Gasteiger partial charge on any atom is 0.303 e. The average Bonchev–Trinajstić information content (AvgIpc) is 2.32. The molecule has 0 aliphatic rings. The van der Waals surface area contributed by atoms with Crippen LogP contribution in [0.3, 0.4) is 0 Å². The molecule has 5 heteroatoms. The van der Waals surface area contributed by atoms with E-state index in [4.69, 9.17) is 10.8 Å². The first-order valence-electron chi connectivity index (χ1n) is 7.60. The molecule has 0 aliphatic heterocycles. The van der Waals surface area contributed by atoms with Crippen LogP contribution in [-0.4, -0.2) is 29.6 Å². The quantitative estimate of drug-likeness (QED) is 0.542. The van der Waals surface area contributed by atoms with E-state index in [0.29, 0.717) is 31.2 Å². The highest BCUT2D eigenvalue weighted by Crippen LogP contribution is 2.20. The Labute approximate surface area is 122 Å². The molecule has 0 rings (SSSR count). The van der Waals surface area contributed by atoms with Gasteiger partial charge in [0.25, 0.3) is 0 Å². The van der Waals surface area contributed by atoms with E-state index in [1.165, 1.54) is 0 Å². The number of amides is 1. The molecule has 5 nitrogen and oxygen atoms in total. The van der Waals surface area contributed by atoms with E-state index in [0.717, 1.165) is 19.3 Å². The second-order valence-electron chi connectivity index (χ2n) is 5.83. The Balaban J connectivity index is 3.92. The van der Waals surface area contributed by atoms with Crippen molar-refractivity contribution in [2.75, 3.05) is 6.54 Å². The number of carboxylic acid groups (broad SMARTS) is 1. The van der Waals surface area contributed by atoms with Crippen molar-refractivity contribution < 1.29 is 14.7 Å². The van der Waals surface area contributed by atoms with Gasteiger partial charge in [0.2, 0.25) is 5.91 Å². The largest absolute Gasteiger partial charge is 0.481 e. The number of rotatable bonds is 11. The molecule has 118 valence electrons. The summed E-state index contributed by atoms with van der Waals surface area (Å²) in [6, 6.07) is -0.0621. The van der Waals surface area contributed by atoms with Gasteiger partial charge in [0.15, 0.2) is 0 Å². The summed E-state index contributed by atoms with van der Waals surface area (Å²) in [5, 5.41) is 11.6. The van der Waals surface area contributed by atoms with Crippen LogP contribution in [0.25, 0.3) is 0 Å². The van der Waals surface area contributed by atoms with Gasteiger partial charge >= 0.3 is 5.97 Å². The van der Waals surface area contributed by atoms with Crippen LogP contribution in [0.4, 0.5) is 0 Å². The molecule has 2 atom stereocenters. The molecule has 0 saturated heterocycles. The summed E-state index contributed by atoms with van der Waals surface area (Å²) in [4.78, 5) is 22.3. The number of hydrogen-bond acceptors (Lipinski definition) is 3. The number of carbonyl (C=O) groups excluding carboxylic acids is 1. The normalized spacial score (nSPS) is 14.1. The standard InChI is InChI=1S/C15H30N2O3/c1-4-5-13(16)10-14(18)17-9-8-12(11(2)3)6-7-15(19)20/h11-13H,4-10,16H2,1-3H3,(H,17,18)(H,19,20). The third-order valence-corrected chi connectivity index (χ3v) is 3.62. The fourth-order valence-corrected chi connectivity index (χ4v) is 2.30. The summed E-state index contributed by atoms with van der Waals surface area (Å²) >= 11 is 0. The van der Waals surface area contributed by atoms with Crippen LogP contribution in [0.15, 0.2) is 0 Å². The maximum atomic E-state index is 11.7. The smallest absolute Gasteiger partial charge is 0.303 e. The van der Waals surface area contributed by atoms with Gasteiger partial charge in [-0.1, -0.05) is 27.2 Å². The third-order valence-electron chi connectivity index (χ3n) is 3.62. The minimum Gasteiger partial charge on any atom is -0.481 e. The number of carbonyl (C=O) groups is 2. The molecular weight excluding hydrogens is 256 g/mol. The summed E-state index contributed by atoms with van der Waals surface area (Å²) in [5.74, 6) is -0.0127. The van der Waals surface area contributed by atoms with Crippen LogP contribution in [0.1, 0.15) is 59.3 Å². The highest BCUT2D eigenvalue weighted by molar-refractivity contribution is 5.76. The van der Waals surface area contributed by atoms with E-state index in [1.54, 1.807) is 0 Å². The summed E-state index contributed by atoms with van der Waals surface area (Å²) in [6.45, 7) is 6.82. The summed E-state index contributed by atoms with van der Waals surface area (Å²) in [7, 11) is 0. The molecule has 0 aromatic carbocycles. The van der Waals surface area contributed by atoms with Gasteiger partial charge in [-0.25, -0.2) is 0 Å². The molecule has 0 bridgehead atoms. The van der Waals surface area contributed by atoms with E-state index < -0.39 is 5.97 Å². The van der Waals surface area contributed by atoms with E-state index in [9.17, 15) is 9.59 Å². The van der Waals surface area contributed by atoms with Gasteiger partial charge in [0.05, 0.1) is 0 Å². The summed E-state index contributed by atoms with van der Waals surface area (Å²) < 4.78 is 0. The van der Waals surface area contributed by atoms with Gasteiger partial charge in [-0.05, 0) is 31.1 Å². The van der Waals surface area contributed by atoms with Crippen molar-refractivity contribution in [1.82, 2.24) is 5.32 Å². The second-order valence-corrected chi connectivity index (χ2v) is 5.83. The first-order valence-corrected chi connectivity index (χ1v) is 7.60. The molecule has 0 spiro atoms.